The van der Waals surface area contributed by atoms with E-state index in [1.165, 1.54) is 26.0 Å². The Balaban J connectivity index is 2.99. The highest BCUT2D eigenvalue weighted by molar-refractivity contribution is 5.23. The maximum Gasteiger partial charge on any atom is 0.244 e. The minimum atomic E-state index is -2.62. The third-order valence-corrected chi connectivity index (χ3v) is 2.69. The summed E-state index contributed by atoms with van der Waals surface area (Å²) in [4.78, 5) is 0. The van der Waals surface area contributed by atoms with Crippen molar-refractivity contribution in [3.8, 4) is 0 Å². The quantitative estimate of drug-likeness (QED) is 0.827. The Kier molecular flexibility index (Phi) is 3.39. The molecule has 0 aliphatic rings. The first-order chi connectivity index (χ1) is 6.85. The molecule has 0 heterocycles. The van der Waals surface area contributed by atoms with Crippen molar-refractivity contribution in [1.82, 2.24) is 0 Å². The first-order valence-corrected chi connectivity index (χ1v) is 4.62. The van der Waals surface area contributed by atoms with E-state index in [-0.39, 0.29) is 5.56 Å². The summed E-state index contributed by atoms with van der Waals surface area (Å²) in [5.41, 5.74) is -1.36. The molecule has 0 aliphatic heterocycles. The van der Waals surface area contributed by atoms with Crippen molar-refractivity contribution in [2.45, 2.75) is 25.9 Å². The summed E-state index contributed by atoms with van der Waals surface area (Å²) in [6.07, 6.45) is -2.62. The first-order valence-electron chi connectivity index (χ1n) is 4.62. The molecule has 2 unspecified atom stereocenters. The smallest absolute Gasteiger partial charge is 0.244 e. The molecule has 0 amide bonds. The molecule has 0 aliphatic carbocycles. The fourth-order valence-electron chi connectivity index (χ4n) is 1.30. The molecule has 1 nitrogen and oxygen atoms in total. The van der Waals surface area contributed by atoms with Gasteiger partial charge in [0.1, 0.15) is 5.82 Å². The van der Waals surface area contributed by atoms with Gasteiger partial charge in [0.25, 0.3) is 0 Å². The predicted molar refractivity (Wildman–Crippen MR) is 51.1 cm³/mol. The zero-order chi connectivity index (χ0) is 11.6. The molecule has 4 heteroatoms. The number of benzene rings is 1. The Labute approximate surface area is 86.5 Å². The zero-order valence-electron chi connectivity index (χ0n) is 8.55. The molecule has 1 aromatic rings. The molecule has 0 aromatic heterocycles. The van der Waals surface area contributed by atoms with Crippen LogP contribution in [0.1, 0.15) is 19.4 Å². The highest BCUT2D eigenvalue weighted by Crippen LogP contribution is 2.32. The van der Waals surface area contributed by atoms with E-state index in [1.54, 1.807) is 0 Å². The van der Waals surface area contributed by atoms with Gasteiger partial charge in [-0.3, -0.25) is 0 Å². The van der Waals surface area contributed by atoms with E-state index in [0.717, 1.165) is 12.1 Å². The Bertz CT molecular complexity index is 319. The van der Waals surface area contributed by atoms with Crippen LogP contribution in [0.5, 0.6) is 0 Å². The van der Waals surface area contributed by atoms with Gasteiger partial charge in [-0.05, 0) is 24.6 Å². The lowest BCUT2D eigenvalue weighted by Crippen LogP contribution is -2.34. The van der Waals surface area contributed by atoms with Crippen LogP contribution in [-0.4, -0.2) is 11.5 Å². The molecule has 0 bridgehead atoms. The van der Waals surface area contributed by atoms with Crippen molar-refractivity contribution in [3.63, 3.8) is 0 Å². The van der Waals surface area contributed by atoms with E-state index in [4.69, 9.17) is 0 Å². The van der Waals surface area contributed by atoms with E-state index < -0.39 is 23.8 Å². The number of alkyl halides is 2. The second-order valence-corrected chi connectivity index (χ2v) is 3.78. The number of halogens is 3. The predicted octanol–water partition coefficient (Wildman–Crippen LogP) is 2.93. The maximum atomic E-state index is 12.6. The van der Waals surface area contributed by atoms with E-state index in [2.05, 4.69) is 0 Å². The van der Waals surface area contributed by atoms with Gasteiger partial charge >= 0.3 is 0 Å². The molecule has 0 fully saturated rings. The van der Waals surface area contributed by atoms with Crippen molar-refractivity contribution in [2.75, 3.05) is 0 Å². The molecule has 1 N–H and O–H groups in total. The minimum Gasteiger partial charge on any atom is -0.385 e. The molecule has 0 radical (unpaired) electrons. The SMILES string of the molecule is CC(C(F)F)C(C)(O)c1ccc(F)cc1. The van der Waals surface area contributed by atoms with Gasteiger partial charge in [-0.2, -0.15) is 0 Å². The van der Waals surface area contributed by atoms with Crippen LogP contribution in [0.2, 0.25) is 0 Å². The van der Waals surface area contributed by atoms with Crippen LogP contribution in [0.3, 0.4) is 0 Å². The van der Waals surface area contributed by atoms with Crippen LogP contribution >= 0.6 is 0 Å². The van der Waals surface area contributed by atoms with Crippen molar-refractivity contribution in [2.24, 2.45) is 5.92 Å². The maximum absolute atomic E-state index is 12.6. The summed E-state index contributed by atoms with van der Waals surface area (Å²) in [7, 11) is 0. The largest absolute Gasteiger partial charge is 0.385 e. The lowest BCUT2D eigenvalue weighted by atomic mass is 9.84. The molecule has 0 saturated carbocycles. The van der Waals surface area contributed by atoms with Crippen molar-refractivity contribution in [1.29, 1.82) is 0 Å². The third kappa shape index (κ3) is 2.50. The summed E-state index contributed by atoms with van der Waals surface area (Å²) in [5, 5.41) is 9.91. The molecule has 15 heavy (non-hydrogen) atoms. The summed E-state index contributed by atoms with van der Waals surface area (Å²) >= 11 is 0. The number of aliphatic hydroxyl groups is 1. The molecule has 0 spiro atoms. The second-order valence-electron chi connectivity index (χ2n) is 3.78. The standard InChI is InChI=1S/C11H13F3O/c1-7(10(13)14)11(2,15)8-3-5-9(12)6-4-8/h3-7,10,15H,1-2H3. The Hall–Kier alpha value is -1.03. The number of hydrogen-bond acceptors (Lipinski definition) is 1. The van der Waals surface area contributed by atoms with Crippen LogP contribution in [0, 0.1) is 11.7 Å². The average Bonchev–Trinajstić information content (AvgIpc) is 2.17. The van der Waals surface area contributed by atoms with Crippen LogP contribution in [0.4, 0.5) is 13.2 Å². The van der Waals surface area contributed by atoms with Crippen LogP contribution < -0.4 is 0 Å². The number of rotatable bonds is 3. The molecule has 1 aromatic carbocycles. The summed E-state index contributed by atoms with van der Waals surface area (Å²) in [5.74, 6) is -1.66. The van der Waals surface area contributed by atoms with Gasteiger partial charge in [-0.15, -0.1) is 0 Å². The number of hydrogen-bond donors (Lipinski definition) is 1. The Morgan fingerprint density at radius 3 is 2.07 bits per heavy atom. The average molecular weight is 218 g/mol. The molecule has 0 saturated heterocycles. The van der Waals surface area contributed by atoms with Gasteiger partial charge in [-0.25, -0.2) is 13.2 Å². The fraction of sp³-hybridized carbons (Fsp3) is 0.455. The van der Waals surface area contributed by atoms with Gasteiger partial charge in [0.15, 0.2) is 0 Å². The van der Waals surface area contributed by atoms with Gasteiger partial charge in [0.2, 0.25) is 6.43 Å². The van der Waals surface area contributed by atoms with Crippen molar-refractivity contribution < 1.29 is 18.3 Å². The molecular weight excluding hydrogens is 205 g/mol. The summed E-state index contributed by atoms with van der Waals surface area (Å²) in [6.45, 7) is 2.56. The van der Waals surface area contributed by atoms with E-state index >= 15 is 0 Å². The van der Waals surface area contributed by atoms with Gasteiger partial charge in [-0.1, -0.05) is 19.1 Å². The molecule has 1 rings (SSSR count). The fourth-order valence-corrected chi connectivity index (χ4v) is 1.30. The minimum absolute atomic E-state index is 0.289. The lowest BCUT2D eigenvalue weighted by molar-refractivity contribution is -0.0696. The van der Waals surface area contributed by atoms with Gasteiger partial charge in [0.05, 0.1) is 5.60 Å². The van der Waals surface area contributed by atoms with Crippen LogP contribution in [0.25, 0.3) is 0 Å². The summed E-state index contributed by atoms with van der Waals surface area (Å²) < 4.78 is 37.5. The van der Waals surface area contributed by atoms with E-state index in [1.807, 2.05) is 0 Å². The van der Waals surface area contributed by atoms with Crippen LogP contribution in [-0.2, 0) is 5.60 Å². The van der Waals surface area contributed by atoms with Gasteiger partial charge in [0, 0.05) is 5.92 Å². The lowest BCUT2D eigenvalue weighted by Gasteiger charge is -2.30. The van der Waals surface area contributed by atoms with Crippen molar-refractivity contribution in [3.05, 3.63) is 35.6 Å². The normalized spacial score (nSPS) is 17.5. The zero-order valence-corrected chi connectivity index (χ0v) is 8.55. The monoisotopic (exact) mass is 218 g/mol. The van der Waals surface area contributed by atoms with Crippen molar-refractivity contribution >= 4 is 0 Å². The van der Waals surface area contributed by atoms with Crippen LogP contribution in [0.15, 0.2) is 24.3 Å². The summed E-state index contributed by atoms with van der Waals surface area (Å²) in [6, 6.07) is 4.91. The molecular formula is C11H13F3O. The Morgan fingerprint density at radius 1 is 1.20 bits per heavy atom. The highest BCUT2D eigenvalue weighted by Gasteiger charge is 2.36. The van der Waals surface area contributed by atoms with Gasteiger partial charge < -0.3 is 5.11 Å². The Morgan fingerprint density at radius 2 is 1.67 bits per heavy atom. The van der Waals surface area contributed by atoms with E-state index in [0.29, 0.717) is 0 Å². The molecule has 2 atom stereocenters. The third-order valence-electron chi connectivity index (χ3n) is 2.69. The highest BCUT2D eigenvalue weighted by atomic mass is 19.3. The second kappa shape index (κ2) is 4.23. The van der Waals surface area contributed by atoms with E-state index in [9.17, 15) is 18.3 Å². The first kappa shape index (κ1) is 12.0. The topological polar surface area (TPSA) is 20.2 Å². The molecule has 84 valence electrons.